The lowest BCUT2D eigenvalue weighted by molar-refractivity contribution is 1.11. The van der Waals surface area contributed by atoms with Gasteiger partial charge in [0.1, 0.15) is 11.6 Å². The summed E-state index contributed by atoms with van der Waals surface area (Å²) < 4.78 is 9.78. The van der Waals surface area contributed by atoms with Crippen LogP contribution in [-0.2, 0) is 0 Å². The van der Waals surface area contributed by atoms with Crippen LogP contribution in [0.3, 0.4) is 0 Å². The largest absolute Gasteiger partial charge is 0.307 e. The molecule has 5 nitrogen and oxygen atoms in total. The van der Waals surface area contributed by atoms with Gasteiger partial charge in [0.05, 0.1) is 55.5 Å². The Hall–Kier alpha value is -10.7. The summed E-state index contributed by atoms with van der Waals surface area (Å²) in [6.07, 6.45) is 0. The van der Waals surface area contributed by atoms with Crippen LogP contribution in [0, 0.1) is 11.3 Å². The number of benzene rings is 12. The number of hydrogen-bond donors (Lipinski definition) is 0. The highest BCUT2D eigenvalue weighted by Gasteiger charge is 2.34. The number of nitriles is 1. The van der Waals surface area contributed by atoms with E-state index in [1.807, 2.05) is 0 Å². The molecular formula is C73H45N5. The Balaban J connectivity index is 1.22. The van der Waals surface area contributed by atoms with E-state index in [1.54, 1.807) is 0 Å². The fourth-order valence-corrected chi connectivity index (χ4v) is 13.1. The number of fused-ring (bicyclic) bond motifs is 14. The third-order valence-corrected chi connectivity index (χ3v) is 16.2. The zero-order valence-electron chi connectivity index (χ0n) is 42.2. The van der Waals surface area contributed by atoms with E-state index in [4.69, 9.17) is 0 Å². The van der Waals surface area contributed by atoms with Gasteiger partial charge < -0.3 is 18.3 Å². The fourth-order valence-electron chi connectivity index (χ4n) is 13.1. The van der Waals surface area contributed by atoms with E-state index >= 15 is 0 Å². The second kappa shape index (κ2) is 17.2. The van der Waals surface area contributed by atoms with Gasteiger partial charge in [-0.05, 0) is 65.2 Å². The first-order valence-electron chi connectivity index (χ1n) is 26.6. The van der Waals surface area contributed by atoms with Crippen LogP contribution >= 0.6 is 0 Å². The maximum Gasteiger partial charge on any atom is 0.104 e. The van der Waals surface area contributed by atoms with E-state index in [-0.39, 0.29) is 0 Å². The lowest BCUT2D eigenvalue weighted by Crippen LogP contribution is -2.11. The Bertz CT molecular complexity index is 4820. The van der Waals surface area contributed by atoms with E-state index in [0.29, 0.717) is 5.56 Å². The summed E-state index contributed by atoms with van der Waals surface area (Å²) in [6, 6.07) is 101. The average Bonchev–Trinajstić information content (AvgIpc) is 3.58. The van der Waals surface area contributed by atoms with Gasteiger partial charge in [-0.3, -0.25) is 0 Å². The molecule has 0 saturated carbocycles. The molecule has 78 heavy (non-hydrogen) atoms. The van der Waals surface area contributed by atoms with Crippen molar-refractivity contribution in [3.63, 3.8) is 0 Å². The average molecular weight is 992 g/mol. The van der Waals surface area contributed by atoms with Crippen LogP contribution in [0.15, 0.2) is 273 Å². The summed E-state index contributed by atoms with van der Waals surface area (Å²) in [4.78, 5) is 0. The quantitative estimate of drug-likeness (QED) is 0.157. The monoisotopic (exact) mass is 991 g/mol. The summed E-state index contributed by atoms with van der Waals surface area (Å²) in [5, 5.41) is 21.9. The molecule has 0 bridgehead atoms. The normalized spacial score (nSPS) is 11.8. The van der Waals surface area contributed by atoms with Crippen molar-refractivity contribution >= 4 is 87.2 Å². The van der Waals surface area contributed by atoms with Crippen LogP contribution in [0.1, 0.15) is 5.56 Å². The molecule has 0 N–H and O–H groups in total. The number of nitrogens with zero attached hydrogens (tertiary/aromatic N) is 5. The van der Waals surface area contributed by atoms with Crippen LogP contribution in [0.2, 0.25) is 0 Å². The number of rotatable bonds is 7. The van der Waals surface area contributed by atoms with Crippen molar-refractivity contribution in [1.82, 2.24) is 18.3 Å². The third-order valence-electron chi connectivity index (χ3n) is 16.2. The van der Waals surface area contributed by atoms with Crippen molar-refractivity contribution in [3.8, 4) is 62.2 Å². The van der Waals surface area contributed by atoms with Gasteiger partial charge in [-0.25, -0.2) is 0 Å². The summed E-state index contributed by atoms with van der Waals surface area (Å²) in [7, 11) is 0. The van der Waals surface area contributed by atoms with Gasteiger partial charge >= 0.3 is 0 Å². The Morgan fingerprint density at radius 2 is 0.487 bits per heavy atom. The maximum atomic E-state index is 12.9. The predicted molar refractivity (Wildman–Crippen MR) is 325 cm³/mol. The van der Waals surface area contributed by atoms with Crippen LogP contribution in [0.25, 0.3) is 143 Å². The predicted octanol–water partition coefficient (Wildman–Crippen LogP) is 18.9. The second-order valence-electron chi connectivity index (χ2n) is 20.2. The molecule has 0 radical (unpaired) electrons. The first-order valence-corrected chi connectivity index (χ1v) is 26.6. The minimum atomic E-state index is 0.552. The van der Waals surface area contributed by atoms with E-state index in [1.165, 1.54) is 0 Å². The molecule has 0 saturated heterocycles. The van der Waals surface area contributed by atoms with Crippen LogP contribution < -0.4 is 0 Å². The molecule has 0 aliphatic rings. The summed E-state index contributed by atoms with van der Waals surface area (Å²) >= 11 is 0. The number of hydrogen-bond acceptors (Lipinski definition) is 1. The highest BCUT2D eigenvalue weighted by atomic mass is 15.1. The van der Waals surface area contributed by atoms with E-state index in [0.717, 1.165) is 143 Å². The third kappa shape index (κ3) is 6.17. The zero-order valence-corrected chi connectivity index (χ0v) is 42.2. The first kappa shape index (κ1) is 43.7. The van der Waals surface area contributed by atoms with Gasteiger partial charge in [0.2, 0.25) is 0 Å². The second-order valence-corrected chi connectivity index (χ2v) is 20.2. The molecule has 0 atom stereocenters. The Kier molecular flexibility index (Phi) is 9.63. The number of para-hydroxylation sites is 6. The molecule has 12 aromatic carbocycles. The molecule has 4 aromatic heterocycles. The van der Waals surface area contributed by atoms with Gasteiger partial charge in [-0.2, -0.15) is 5.26 Å². The molecule has 0 fully saturated rings. The van der Waals surface area contributed by atoms with Crippen molar-refractivity contribution in [2.45, 2.75) is 0 Å². The standard InChI is InChI=1S/C73H45N5/c74-46-60-68(77-63-40-22-18-36-54(63)58-44-42-56-52-34-16-20-38-61(52)75(70(56)72(58)77)50-30-12-4-13-31-50)66(48-26-8-2-9-27-48)65(47-24-6-1-7-25-47)67(49-28-10-3-11-29-49)69(60)78-64-41-23-19-37-55(64)59-45-43-57-53-35-17-21-39-62(53)76(71(57)73(59)78)51-32-14-5-15-33-51/h1-45H. The molecule has 0 spiro atoms. The number of aromatic nitrogens is 4. The molecule has 0 aliphatic heterocycles. The maximum absolute atomic E-state index is 12.9. The van der Waals surface area contributed by atoms with Gasteiger partial charge in [0, 0.05) is 71.2 Å². The molecule has 5 heteroatoms. The van der Waals surface area contributed by atoms with Crippen molar-refractivity contribution in [1.29, 1.82) is 5.26 Å². The molecule has 16 rings (SSSR count). The van der Waals surface area contributed by atoms with Crippen molar-refractivity contribution in [2.24, 2.45) is 0 Å². The van der Waals surface area contributed by atoms with Crippen LogP contribution in [-0.4, -0.2) is 18.3 Å². The first-order chi connectivity index (χ1) is 38.8. The molecule has 16 aromatic rings. The van der Waals surface area contributed by atoms with E-state index < -0.39 is 0 Å². The minimum Gasteiger partial charge on any atom is -0.307 e. The summed E-state index contributed by atoms with van der Waals surface area (Å²) in [5.74, 6) is 0. The summed E-state index contributed by atoms with van der Waals surface area (Å²) in [6.45, 7) is 0. The zero-order chi connectivity index (χ0) is 51.4. The van der Waals surface area contributed by atoms with Gasteiger partial charge in [0.15, 0.2) is 0 Å². The van der Waals surface area contributed by atoms with Crippen LogP contribution in [0.4, 0.5) is 0 Å². The topological polar surface area (TPSA) is 43.5 Å². The van der Waals surface area contributed by atoms with Crippen molar-refractivity contribution < 1.29 is 0 Å². The Morgan fingerprint density at radius 1 is 0.231 bits per heavy atom. The molecule has 4 heterocycles. The fraction of sp³-hybridized carbons (Fsp3) is 0. The van der Waals surface area contributed by atoms with Crippen molar-refractivity contribution in [2.75, 3.05) is 0 Å². The molecule has 0 amide bonds. The SMILES string of the molecule is N#Cc1c(-n2c3ccccc3c3ccc4c5ccccc5n(-c5ccccc5)c4c32)c(-c2ccccc2)c(-c2ccccc2)c(-c2ccccc2)c1-n1c2ccccc2c2ccc3c4ccccc4n(-c4ccccc4)c3c21. The van der Waals surface area contributed by atoms with Gasteiger partial charge in [-0.15, -0.1) is 0 Å². The molecular weight excluding hydrogens is 947 g/mol. The molecule has 0 unspecified atom stereocenters. The highest BCUT2D eigenvalue weighted by Crippen LogP contribution is 2.54. The highest BCUT2D eigenvalue weighted by molar-refractivity contribution is 6.26. The minimum absolute atomic E-state index is 0.552. The van der Waals surface area contributed by atoms with Gasteiger partial charge in [0.25, 0.3) is 0 Å². The van der Waals surface area contributed by atoms with E-state index in [9.17, 15) is 5.26 Å². The summed E-state index contributed by atoms with van der Waals surface area (Å²) in [5.41, 5.74) is 18.7. The Labute approximate surface area is 449 Å². The van der Waals surface area contributed by atoms with E-state index in [2.05, 4.69) is 297 Å². The van der Waals surface area contributed by atoms with Crippen molar-refractivity contribution in [3.05, 3.63) is 279 Å². The van der Waals surface area contributed by atoms with Gasteiger partial charge in [-0.1, -0.05) is 224 Å². The lowest BCUT2D eigenvalue weighted by atomic mass is 9.82. The lowest BCUT2D eigenvalue weighted by Gasteiger charge is -2.28. The molecule has 0 aliphatic carbocycles. The van der Waals surface area contributed by atoms with Crippen LogP contribution in [0.5, 0.6) is 0 Å². The molecule has 362 valence electrons. The Morgan fingerprint density at radius 3 is 0.808 bits per heavy atom. The smallest absolute Gasteiger partial charge is 0.104 e.